The second-order valence-electron chi connectivity index (χ2n) is 3.70. The molecule has 0 aliphatic carbocycles. The van der Waals surface area contributed by atoms with E-state index in [4.69, 9.17) is 28.3 Å². The molecule has 0 fully saturated rings. The SMILES string of the molecule is O=C(O)c1cc(SCc2ccncc2Cl)ccc1Cl. The first kappa shape index (κ1) is 14.2. The summed E-state index contributed by atoms with van der Waals surface area (Å²) in [4.78, 5) is 15.7. The summed E-state index contributed by atoms with van der Waals surface area (Å²) in [5.74, 6) is -0.392. The van der Waals surface area contributed by atoms with Gasteiger partial charge in [0.15, 0.2) is 0 Å². The average molecular weight is 314 g/mol. The van der Waals surface area contributed by atoms with Crippen molar-refractivity contribution in [1.82, 2.24) is 4.98 Å². The number of benzene rings is 1. The highest BCUT2D eigenvalue weighted by molar-refractivity contribution is 7.98. The van der Waals surface area contributed by atoms with E-state index in [1.807, 2.05) is 6.07 Å². The fourth-order valence-corrected chi connectivity index (χ4v) is 2.84. The number of carboxylic acids is 1. The van der Waals surface area contributed by atoms with E-state index in [2.05, 4.69) is 4.98 Å². The fraction of sp³-hybridized carbons (Fsp3) is 0.0769. The highest BCUT2D eigenvalue weighted by Crippen LogP contribution is 2.29. The van der Waals surface area contributed by atoms with Gasteiger partial charge < -0.3 is 5.11 Å². The molecule has 0 aliphatic heterocycles. The topological polar surface area (TPSA) is 50.2 Å². The summed E-state index contributed by atoms with van der Waals surface area (Å²) in [6, 6.07) is 6.77. The van der Waals surface area contributed by atoms with Crippen molar-refractivity contribution in [2.45, 2.75) is 10.6 Å². The third-order valence-corrected chi connectivity index (χ3v) is 4.13. The lowest BCUT2D eigenvalue weighted by Crippen LogP contribution is -1.97. The van der Waals surface area contributed by atoms with Gasteiger partial charge in [-0.2, -0.15) is 0 Å². The van der Waals surface area contributed by atoms with Crippen molar-refractivity contribution >= 4 is 40.9 Å². The van der Waals surface area contributed by atoms with Crippen LogP contribution < -0.4 is 0 Å². The molecule has 98 valence electrons. The molecule has 1 N–H and O–H groups in total. The summed E-state index contributed by atoms with van der Waals surface area (Å²) < 4.78 is 0. The summed E-state index contributed by atoms with van der Waals surface area (Å²) >= 11 is 13.3. The molecule has 0 aliphatic rings. The first-order valence-electron chi connectivity index (χ1n) is 5.32. The third-order valence-electron chi connectivity index (χ3n) is 2.42. The van der Waals surface area contributed by atoms with Crippen molar-refractivity contribution in [3.8, 4) is 0 Å². The van der Waals surface area contributed by atoms with Gasteiger partial charge in [0.05, 0.1) is 15.6 Å². The van der Waals surface area contributed by atoms with Crippen LogP contribution in [0.1, 0.15) is 15.9 Å². The minimum absolute atomic E-state index is 0.104. The predicted octanol–water partition coefficient (Wildman–Crippen LogP) is 4.38. The van der Waals surface area contributed by atoms with Gasteiger partial charge >= 0.3 is 5.97 Å². The van der Waals surface area contributed by atoms with E-state index in [9.17, 15) is 4.79 Å². The quantitative estimate of drug-likeness (QED) is 0.851. The van der Waals surface area contributed by atoms with Crippen LogP contribution in [0.4, 0.5) is 0 Å². The Labute approximate surface area is 124 Å². The van der Waals surface area contributed by atoms with E-state index in [1.54, 1.807) is 30.6 Å². The molecule has 0 amide bonds. The van der Waals surface area contributed by atoms with Gasteiger partial charge in [0, 0.05) is 23.0 Å². The van der Waals surface area contributed by atoms with Crippen LogP contribution in [0.2, 0.25) is 10.0 Å². The van der Waals surface area contributed by atoms with Crippen LogP contribution in [0.5, 0.6) is 0 Å². The number of nitrogens with zero attached hydrogens (tertiary/aromatic N) is 1. The molecular formula is C13H9Cl2NO2S. The highest BCUT2D eigenvalue weighted by Gasteiger charge is 2.10. The van der Waals surface area contributed by atoms with Crippen molar-refractivity contribution in [2.75, 3.05) is 0 Å². The molecule has 6 heteroatoms. The Morgan fingerprint density at radius 3 is 2.74 bits per heavy atom. The number of pyridine rings is 1. The van der Waals surface area contributed by atoms with Crippen molar-refractivity contribution in [3.05, 3.63) is 57.8 Å². The van der Waals surface area contributed by atoms with Gasteiger partial charge in [0.2, 0.25) is 0 Å². The number of aromatic carboxylic acids is 1. The zero-order chi connectivity index (χ0) is 13.8. The Morgan fingerprint density at radius 2 is 2.05 bits per heavy atom. The van der Waals surface area contributed by atoms with Crippen LogP contribution in [-0.2, 0) is 5.75 Å². The van der Waals surface area contributed by atoms with E-state index in [0.29, 0.717) is 10.8 Å². The molecule has 0 radical (unpaired) electrons. The average Bonchev–Trinajstić information content (AvgIpc) is 2.39. The molecule has 0 atom stereocenters. The van der Waals surface area contributed by atoms with Gasteiger partial charge in [-0.05, 0) is 29.8 Å². The highest BCUT2D eigenvalue weighted by atomic mass is 35.5. The maximum Gasteiger partial charge on any atom is 0.337 e. The first-order valence-corrected chi connectivity index (χ1v) is 7.06. The van der Waals surface area contributed by atoms with Crippen LogP contribution in [0.25, 0.3) is 0 Å². The zero-order valence-electron chi connectivity index (χ0n) is 9.64. The van der Waals surface area contributed by atoms with Crippen molar-refractivity contribution in [3.63, 3.8) is 0 Å². The molecule has 0 saturated heterocycles. The van der Waals surface area contributed by atoms with Crippen LogP contribution >= 0.6 is 35.0 Å². The van der Waals surface area contributed by atoms with E-state index in [1.165, 1.54) is 11.8 Å². The van der Waals surface area contributed by atoms with Gasteiger partial charge in [0.1, 0.15) is 0 Å². The second-order valence-corrected chi connectivity index (χ2v) is 5.57. The monoisotopic (exact) mass is 313 g/mol. The second kappa shape index (κ2) is 6.28. The van der Waals surface area contributed by atoms with Crippen LogP contribution in [0.15, 0.2) is 41.6 Å². The summed E-state index contributed by atoms with van der Waals surface area (Å²) in [6.07, 6.45) is 3.26. The fourth-order valence-electron chi connectivity index (χ4n) is 1.44. The van der Waals surface area contributed by atoms with Crippen molar-refractivity contribution in [1.29, 1.82) is 0 Å². The molecule has 3 nitrogen and oxygen atoms in total. The molecule has 1 aromatic heterocycles. The van der Waals surface area contributed by atoms with Gasteiger partial charge in [-0.15, -0.1) is 11.8 Å². The minimum atomic E-state index is -1.03. The zero-order valence-corrected chi connectivity index (χ0v) is 12.0. The Kier molecular flexibility index (Phi) is 4.69. The molecular weight excluding hydrogens is 305 g/mol. The van der Waals surface area contributed by atoms with Crippen LogP contribution in [-0.4, -0.2) is 16.1 Å². The number of hydrogen-bond acceptors (Lipinski definition) is 3. The van der Waals surface area contributed by atoms with Gasteiger partial charge in [0.25, 0.3) is 0 Å². The lowest BCUT2D eigenvalue weighted by atomic mass is 10.2. The van der Waals surface area contributed by atoms with Crippen molar-refractivity contribution in [2.24, 2.45) is 0 Å². The van der Waals surface area contributed by atoms with Crippen molar-refractivity contribution < 1.29 is 9.90 Å². The number of rotatable bonds is 4. The summed E-state index contributed by atoms with van der Waals surface area (Å²) in [5, 5.41) is 9.83. The van der Waals surface area contributed by atoms with Crippen LogP contribution in [0, 0.1) is 0 Å². The molecule has 0 saturated carbocycles. The summed E-state index contributed by atoms with van der Waals surface area (Å²) in [6.45, 7) is 0. The normalized spacial score (nSPS) is 10.4. The molecule has 0 spiro atoms. The van der Waals surface area contributed by atoms with Crippen LogP contribution in [0.3, 0.4) is 0 Å². The molecule has 2 rings (SSSR count). The van der Waals surface area contributed by atoms with E-state index < -0.39 is 5.97 Å². The molecule has 0 bridgehead atoms. The van der Waals surface area contributed by atoms with E-state index in [0.717, 1.165) is 10.5 Å². The Morgan fingerprint density at radius 1 is 1.26 bits per heavy atom. The van der Waals surface area contributed by atoms with Gasteiger partial charge in [-0.1, -0.05) is 23.2 Å². The maximum absolute atomic E-state index is 11.0. The van der Waals surface area contributed by atoms with E-state index in [-0.39, 0.29) is 10.6 Å². The predicted molar refractivity (Wildman–Crippen MR) is 77.2 cm³/mol. The lowest BCUT2D eigenvalue weighted by molar-refractivity contribution is 0.0697. The lowest BCUT2D eigenvalue weighted by Gasteiger charge is -2.05. The number of halogens is 2. The summed E-state index contributed by atoms with van der Waals surface area (Å²) in [7, 11) is 0. The maximum atomic E-state index is 11.0. The standard InChI is InChI=1S/C13H9Cl2NO2S/c14-11-2-1-9(5-10(11)13(17)18)19-7-8-3-4-16-6-12(8)15/h1-6H,7H2,(H,17,18). The molecule has 1 aromatic carbocycles. The Hall–Kier alpha value is -1.23. The number of thioether (sulfide) groups is 1. The summed E-state index contributed by atoms with van der Waals surface area (Å²) in [5.41, 5.74) is 1.06. The van der Waals surface area contributed by atoms with Gasteiger partial charge in [-0.3, -0.25) is 4.98 Å². The number of carboxylic acid groups (broad SMARTS) is 1. The third kappa shape index (κ3) is 3.62. The Bertz CT molecular complexity index is 619. The van der Waals surface area contributed by atoms with Gasteiger partial charge in [-0.25, -0.2) is 4.79 Å². The largest absolute Gasteiger partial charge is 0.478 e. The minimum Gasteiger partial charge on any atom is -0.478 e. The smallest absolute Gasteiger partial charge is 0.337 e. The number of hydrogen-bond donors (Lipinski definition) is 1. The number of carbonyl (C=O) groups is 1. The Balaban J connectivity index is 2.14. The molecule has 2 aromatic rings. The molecule has 0 unspecified atom stereocenters. The molecule has 1 heterocycles. The van der Waals surface area contributed by atoms with E-state index >= 15 is 0 Å². The molecule has 19 heavy (non-hydrogen) atoms. The first-order chi connectivity index (χ1) is 9.08. The number of aromatic nitrogens is 1.